The number of benzene rings is 2. The van der Waals surface area contributed by atoms with Crippen LogP contribution in [0.25, 0.3) is 0 Å². The molecule has 296 valence electrons. The number of aliphatic hydroxyl groups is 5. The Morgan fingerprint density at radius 2 is 1.26 bits per heavy atom. The van der Waals surface area contributed by atoms with E-state index >= 15 is 0 Å². The summed E-state index contributed by atoms with van der Waals surface area (Å²) in [7, 11) is 0. The van der Waals surface area contributed by atoms with Gasteiger partial charge >= 0.3 is 0 Å². The lowest BCUT2D eigenvalue weighted by Crippen LogP contribution is -2.55. The molecule has 5 aliphatic rings. The second kappa shape index (κ2) is 14.7. The fourth-order valence-electron chi connectivity index (χ4n) is 8.48. The normalized spacial score (nSPS) is 39.5. The van der Waals surface area contributed by atoms with Crippen LogP contribution in [0.15, 0.2) is 18.2 Å². The van der Waals surface area contributed by atoms with Crippen LogP contribution < -0.4 is 0 Å². The number of phenolic OH excluding ortho intramolecular Hbond substituents is 3. The lowest BCUT2D eigenvalue weighted by Gasteiger charge is -2.46. The quantitative estimate of drug-likeness (QED) is 0.160. The predicted molar refractivity (Wildman–Crippen MR) is 183 cm³/mol. The molecule has 7 rings (SSSR count). The average molecular weight is 761 g/mol. The van der Waals surface area contributed by atoms with Crippen molar-refractivity contribution < 1.29 is 78.9 Å². The number of hydrogen-bond donors (Lipinski definition) is 8. The SMILES string of the molecule is CC[C@@]1(O)C[C@H](O[C@H]2C[C@H](O)[C@H](O[C@H]3C[C@H](O)[C@H](O[C@H]4CC[C@H](O)[C@H](C)O4)[C@H](C)O3)[C@H](C)O2)c2c(O)c3c(c(O)c2[C@H]1O)C(=O)c1cccc(O)c1C3=O. The second-order valence-electron chi connectivity index (χ2n) is 15.1. The van der Waals surface area contributed by atoms with E-state index < -0.39 is 131 Å². The van der Waals surface area contributed by atoms with Crippen LogP contribution in [0.5, 0.6) is 17.2 Å². The molecule has 14 atom stereocenters. The molecule has 2 aliphatic carbocycles. The molecule has 3 saturated heterocycles. The van der Waals surface area contributed by atoms with Crippen LogP contribution in [0.1, 0.15) is 121 Å². The number of ketones is 2. The number of carbonyl (C=O) groups excluding carboxylic acids is 2. The monoisotopic (exact) mass is 760 g/mol. The minimum atomic E-state index is -1.92. The molecular formula is C38H48O16. The molecule has 0 spiro atoms. The lowest BCUT2D eigenvalue weighted by molar-refractivity contribution is -0.333. The largest absolute Gasteiger partial charge is 0.507 e. The highest BCUT2D eigenvalue weighted by atomic mass is 16.7. The van der Waals surface area contributed by atoms with Crippen LogP contribution in [0.4, 0.5) is 0 Å². The lowest BCUT2D eigenvalue weighted by atomic mass is 9.70. The summed E-state index contributed by atoms with van der Waals surface area (Å²) in [6, 6.07) is 3.85. The van der Waals surface area contributed by atoms with E-state index in [-0.39, 0.29) is 42.4 Å². The standard InChI is InChI=1S/C38H48O16/c1-5-38(48)13-22(27-30(37(38)47)34(46)28-29(33(27)45)32(44)26-17(31(28)43)7-6-8-19(26)40)52-24-11-20(41)36(16(4)50-24)54-25-12-21(42)35(15(3)51-25)53-23-10-9-18(39)14(2)49-23/h6-8,14-16,18,20-25,35-37,39-42,45-48H,5,9-13H2,1-4H3/t14-,15-,16-,18-,20-,21-,22-,23-,24-,25-,35+,36+,37+,38+/m0/s1. The molecule has 8 N–H and O–H groups in total. The number of ether oxygens (including phenoxy) is 6. The van der Waals surface area contributed by atoms with E-state index in [2.05, 4.69) is 0 Å². The number of fused-ring (bicyclic) bond motifs is 3. The molecular weight excluding hydrogens is 712 g/mol. The van der Waals surface area contributed by atoms with E-state index in [0.29, 0.717) is 12.8 Å². The Balaban J connectivity index is 1.08. The minimum Gasteiger partial charge on any atom is -0.507 e. The summed E-state index contributed by atoms with van der Waals surface area (Å²) < 4.78 is 36.2. The van der Waals surface area contributed by atoms with Gasteiger partial charge in [-0.2, -0.15) is 0 Å². The van der Waals surface area contributed by atoms with Crippen LogP contribution in [0.3, 0.4) is 0 Å². The Kier molecular flexibility index (Phi) is 10.6. The first-order chi connectivity index (χ1) is 25.5. The number of phenols is 3. The van der Waals surface area contributed by atoms with E-state index in [1.807, 2.05) is 0 Å². The third kappa shape index (κ3) is 6.60. The molecule has 2 aromatic rings. The van der Waals surface area contributed by atoms with Gasteiger partial charge in [0.1, 0.15) is 35.6 Å². The molecule has 3 fully saturated rings. The van der Waals surface area contributed by atoms with Gasteiger partial charge in [0.25, 0.3) is 0 Å². The van der Waals surface area contributed by atoms with Gasteiger partial charge in [0, 0.05) is 42.4 Å². The molecule has 3 aliphatic heterocycles. The highest BCUT2D eigenvalue weighted by Gasteiger charge is 2.52. The summed E-state index contributed by atoms with van der Waals surface area (Å²) in [5.41, 5.74) is -4.29. The van der Waals surface area contributed by atoms with E-state index in [1.54, 1.807) is 27.7 Å². The molecule has 0 unspecified atom stereocenters. The maximum absolute atomic E-state index is 13.7. The Hall–Kier alpha value is -3.26. The Labute approximate surface area is 310 Å². The van der Waals surface area contributed by atoms with E-state index in [1.165, 1.54) is 18.2 Å². The topological polar surface area (TPSA) is 251 Å². The molecule has 16 nitrogen and oxygen atoms in total. The summed E-state index contributed by atoms with van der Waals surface area (Å²) in [5.74, 6) is -3.90. The van der Waals surface area contributed by atoms with Gasteiger partial charge < -0.3 is 69.3 Å². The van der Waals surface area contributed by atoms with Crippen molar-refractivity contribution in [2.75, 3.05) is 0 Å². The molecule has 0 bridgehead atoms. The van der Waals surface area contributed by atoms with Gasteiger partial charge in [-0.05, 0) is 39.7 Å². The fraction of sp³-hybridized carbons (Fsp3) is 0.632. The fourth-order valence-corrected chi connectivity index (χ4v) is 8.48. The molecule has 16 heteroatoms. The number of carbonyl (C=O) groups is 2. The van der Waals surface area contributed by atoms with Crippen molar-refractivity contribution in [3.63, 3.8) is 0 Å². The van der Waals surface area contributed by atoms with Crippen LogP contribution in [-0.2, 0) is 28.4 Å². The van der Waals surface area contributed by atoms with Gasteiger partial charge in [0.05, 0.1) is 65.0 Å². The van der Waals surface area contributed by atoms with Gasteiger partial charge in [-0.25, -0.2) is 0 Å². The first kappa shape index (κ1) is 39.0. The molecule has 0 radical (unpaired) electrons. The first-order valence-corrected chi connectivity index (χ1v) is 18.4. The van der Waals surface area contributed by atoms with Crippen molar-refractivity contribution in [2.45, 2.75) is 152 Å². The van der Waals surface area contributed by atoms with Gasteiger partial charge in [-0.1, -0.05) is 19.1 Å². The van der Waals surface area contributed by atoms with Crippen LogP contribution in [-0.4, -0.2) is 126 Å². The Bertz CT molecular complexity index is 1760. The van der Waals surface area contributed by atoms with Crippen LogP contribution in [0.2, 0.25) is 0 Å². The zero-order valence-corrected chi connectivity index (χ0v) is 30.3. The maximum atomic E-state index is 13.7. The third-order valence-corrected chi connectivity index (χ3v) is 11.6. The minimum absolute atomic E-state index is 0.0170. The molecule has 0 aromatic heterocycles. The summed E-state index contributed by atoms with van der Waals surface area (Å²) in [6.45, 7) is 6.69. The van der Waals surface area contributed by atoms with Crippen molar-refractivity contribution in [3.05, 3.63) is 51.6 Å². The number of rotatable bonds is 7. The number of aromatic hydroxyl groups is 3. The van der Waals surface area contributed by atoms with Crippen molar-refractivity contribution in [3.8, 4) is 17.2 Å². The van der Waals surface area contributed by atoms with E-state index in [4.69, 9.17) is 28.4 Å². The first-order valence-electron chi connectivity index (χ1n) is 18.4. The van der Waals surface area contributed by atoms with Crippen molar-refractivity contribution in [1.82, 2.24) is 0 Å². The second-order valence-corrected chi connectivity index (χ2v) is 15.1. The Morgan fingerprint density at radius 3 is 1.85 bits per heavy atom. The van der Waals surface area contributed by atoms with Crippen LogP contribution in [0, 0.1) is 0 Å². The zero-order valence-electron chi connectivity index (χ0n) is 30.3. The molecule has 54 heavy (non-hydrogen) atoms. The molecule has 3 heterocycles. The third-order valence-electron chi connectivity index (χ3n) is 11.6. The Morgan fingerprint density at radius 1 is 0.704 bits per heavy atom. The van der Waals surface area contributed by atoms with Crippen molar-refractivity contribution >= 4 is 11.6 Å². The van der Waals surface area contributed by atoms with Gasteiger partial charge in [-0.15, -0.1) is 0 Å². The van der Waals surface area contributed by atoms with Crippen molar-refractivity contribution in [2.24, 2.45) is 0 Å². The maximum Gasteiger partial charge on any atom is 0.202 e. The summed E-state index contributed by atoms with van der Waals surface area (Å²) in [5, 5.41) is 88.8. The van der Waals surface area contributed by atoms with E-state index in [0.717, 1.165) is 0 Å². The highest BCUT2D eigenvalue weighted by Crippen LogP contribution is 2.56. The average Bonchev–Trinajstić information content (AvgIpc) is 3.11. The van der Waals surface area contributed by atoms with Gasteiger partial charge in [0.2, 0.25) is 5.78 Å². The van der Waals surface area contributed by atoms with E-state index in [9.17, 15) is 50.4 Å². The summed E-state index contributed by atoms with van der Waals surface area (Å²) >= 11 is 0. The molecule has 0 amide bonds. The van der Waals surface area contributed by atoms with Crippen molar-refractivity contribution in [1.29, 1.82) is 0 Å². The van der Waals surface area contributed by atoms with Gasteiger partial charge in [-0.3, -0.25) is 9.59 Å². The van der Waals surface area contributed by atoms with Crippen LogP contribution >= 0.6 is 0 Å². The molecule has 2 aromatic carbocycles. The zero-order chi connectivity index (χ0) is 39.0. The summed E-state index contributed by atoms with van der Waals surface area (Å²) in [6.07, 6.45) is -11.8. The molecule has 0 saturated carbocycles. The summed E-state index contributed by atoms with van der Waals surface area (Å²) in [4.78, 5) is 27.3. The highest BCUT2D eigenvalue weighted by molar-refractivity contribution is 6.31. The predicted octanol–water partition coefficient (Wildman–Crippen LogP) is 1.86. The smallest absolute Gasteiger partial charge is 0.202 e. The number of hydrogen-bond acceptors (Lipinski definition) is 16. The van der Waals surface area contributed by atoms with Gasteiger partial charge in [0.15, 0.2) is 24.7 Å². The number of aliphatic hydroxyl groups excluding tert-OH is 4.